The summed E-state index contributed by atoms with van der Waals surface area (Å²) in [4.78, 5) is 26.3. The SMILES string of the molecule is CCCCn1c(SCC(=O)N(Cc2ccccc2)C(C)C)n[nH]c1=O. The molecule has 136 valence electrons. The second-order valence-corrected chi connectivity index (χ2v) is 7.15. The van der Waals surface area contributed by atoms with Gasteiger partial charge in [-0.25, -0.2) is 9.89 Å². The summed E-state index contributed by atoms with van der Waals surface area (Å²) in [5.41, 5.74) is 0.891. The third kappa shape index (κ3) is 5.49. The van der Waals surface area contributed by atoms with E-state index in [0.29, 0.717) is 18.2 Å². The standard InChI is InChI=1S/C18H26N4O2S/c1-4-5-11-21-17(24)19-20-18(21)25-13-16(23)22(14(2)3)12-15-9-7-6-8-10-15/h6-10,14H,4-5,11-13H2,1-3H3,(H,19,24). The second-order valence-electron chi connectivity index (χ2n) is 6.21. The van der Waals surface area contributed by atoms with E-state index in [1.54, 1.807) is 4.57 Å². The lowest BCUT2D eigenvalue weighted by Crippen LogP contribution is -2.37. The zero-order valence-electron chi connectivity index (χ0n) is 15.1. The first-order valence-electron chi connectivity index (χ1n) is 8.64. The molecule has 7 heteroatoms. The summed E-state index contributed by atoms with van der Waals surface area (Å²) in [5.74, 6) is 0.308. The van der Waals surface area contributed by atoms with Gasteiger partial charge >= 0.3 is 5.69 Å². The lowest BCUT2D eigenvalue weighted by Gasteiger charge is -2.26. The predicted molar refractivity (Wildman–Crippen MR) is 101 cm³/mol. The number of rotatable bonds is 9. The van der Waals surface area contributed by atoms with Crippen LogP contribution in [0.4, 0.5) is 0 Å². The van der Waals surface area contributed by atoms with Crippen LogP contribution in [0.5, 0.6) is 0 Å². The van der Waals surface area contributed by atoms with Crippen molar-refractivity contribution >= 4 is 17.7 Å². The maximum atomic E-state index is 12.7. The van der Waals surface area contributed by atoms with Gasteiger partial charge in [-0.05, 0) is 25.8 Å². The van der Waals surface area contributed by atoms with Crippen molar-refractivity contribution in [2.75, 3.05) is 5.75 Å². The summed E-state index contributed by atoms with van der Waals surface area (Å²) in [6, 6.07) is 10.1. The van der Waals surface area contributed by atoms with Crippen LogP contribution in [-0.2, 0) is 17.9 Å². The molecule has 0 atom stereocenters. The molecule has 0 aliphatic rings. The van der Waals surface area contributed by atoms with E-state index in [1.807, 2.05) is 49.1 Å². The fourth-order valence-corrected chi connectivity index (χ4v) is 3.33. The summed E-state index contributed by atoms with van der Waals surface area (Å²) >= 11 is 1.31. The summed E-state index contributed by atoms with van der Waals surface area (Å²) in [6.45, 7) is 7.31. The third-order valence-electron chi connectivity index (χ3n) is 3.92. The van der Waals surface area contributed by atoms with E-state index < -0.39 is 0 Å². The minimum absolute atomic E-state index is 0.0429. The normalized spacial score (nSPS) is 11.0. The van der Waals surface area contributed by atoms with Gasteiger partial charge in [0.2, 0.25) is 5.91 Å². The highest BCUT2D eigenvalue weighted by Crippen LogP contribution is 2.17. The number of amides is 1. The molecule has 0 aliphatic heterocycles. The molecule has 0 radical (unpaired) electrons. The minimum Gasteiger partial charge on any atom is -0.335 e. The molecule has 2 rings (SSSR count). The zero-order chi connectivity index (χ0) is 18.2. The summed E-state index contributed by atoms with van der Waals surface area (Å²) in [7, 11) is 0. The van der Waals surface area contributed by atoms with Crippen LogP contribution in [0.1, 0.15) is 39.2 Å². The summed E-state index contributed by atoms with van der Waals surface area (Å²) < 4.78 is 1.61. The molecule has 0 saturated heterocycles. The Morgan fingerprint density at radius 2 is 2.04 bits per heavy atom. The number of thioether (sulfide) groups is 1. The number of benzene rings is 1. The molecule has 1 aromatic carbocycles. The number of carbonyl (C=O) groups excluding carboxylic acids is 1. The summed E-state index contributed by atoms with van der Waals surface area (Å²) in [5, 5.41) is 7.10. The van der Waals surface area contributed by atoms with Crippen molar-refractivity contribution in [3.8, 4) is 0 Å². The van der Waals surface area contributed by atoms with Crippen LogP contribution in [0.2, 0.25) is 0 Å². The lowest BCUT2D eigenvalue weighted by atomic mass is 10.2. The Kier molecular flexibility index (Phi) is 7.31. The minimum atomic E-state index is -0.214. The van der Waals surface area contributed by atoms with E-state index in [0.717, 1.165) is 18.4 Å². The number of carbonyl (C=O) groups is 1. The van der Waals surface area contributed by atoms with Crippen LogP contribution in [0, 0.1) is 0 Å². The highest BCUT2D eigenvalue weighted by Gasteiger charge is 2.19. The van der Waals surface area contributed by atoms with Crippen molar-refractivity contribution in [1.82, 2.24) is 19.7 Å². The molecule has 6 nitrogen and oxygen atoms in total. The van der Waals surface area contributed by atoms with E-state index in [2.05, 4.69) is 17.1 Å². The molecule has 0 bridgehead atoms. The number of H-pyrrole nitrogens is 1. The molecular formula is C18H26N4O2S. The molecule has 2 aromatic rings. The number of hydrogen-bond acceptors (Lipinski definition) is 4. The number of hydrogen-bond donors (Lipinski definition) is 1. The number of unbranched alkanes of at least 4 members (excludes halogenated alkanes) is 1. The van der Waals surface area contributed by atoms with Crippen molar-refractivity contribution in [1.29, 1.82) is 0 Å². The van der Waals surface area contributed by atoms with Gasteiger partial charge < -0.3 is 4.90 Å². The van der Waals surface area contributed by atoms with Crippen LogP contribution < -0.4 is 5.69 Å². The first-order valence-corrected chi connectivity index (χ1v) is 9.62. The Labute approximate surface area is 152 Å². The number of nitrogens with one attached hydrogen (secondary N) is 1. The van der Waals surface area contributed by atoms with Crippen LogP contribution >= 0.6 is 11.8 Å². The van der Waals surface area contributed by atoms with Crippen molar-refractivity contribution in [2.45, 2.75) is 57.9 Å². The first-order chi connectivity index (χ1) is 12.0. The Morgan fingerprint density at radius 3 is 2.68 bits per heavy atom. The Hall–Kier alpha value is -2.02. The van der Waals surface area contributed by atoms with Gasteiger partial charge in [0.25, 0.3) is 0 Å². The molecular weight excluding hydrogens is 336 g/mol. The van der Waals surface area contributed by atoms with Gasteiger partial charge in [0.1, 0.15) is 0 Å². The Morgan fingerprint density at radius 1 is 1.32 bits per heavy atom. The lowest BCUT2D eigenvalue weighted by molar-refractivity contribution is -0.130. The van der Waals surface area contributed by atoms with E-state index in [1.165, 1.54) is 11.8 Å². The Balaban J connectivity index is 2.01. The van der Waals surface area contributed by atoms with Gasteiger partial charge in [-0.15, -0.1) is 5.10 Å². The predicted octanol–water partition coefficient (Wildman–Crippen LogP) is 2.90. The smallest absolute Gasteiger partial charge is 0.335 e. The van der Waals surface area contributed by atoms with E-state index in [9.17, 15) is 9.59 Å². The first kappa shape index (κ1) is 19.3. The van der Waals surface area contributed by atoms with Gasteiger partial charge in [0.05, 0.1) is 5.75 Å². The van der Waals surface area contributed by atoms with Gasteiger partial charge in [-0.2, -0.15) is 0 Å². The Bertz CT molecular complexity index is 724. The molecule has 25 heavy (non-hydrogen) atoms. The van der Waals surface area contributed by atoms with Crippen molar-refractivity contribution in [2.24, 2.45) is 0 Å². The highest BCUT2D eigenvalue weighted by molar-refractivity contribution is 7.99. The number of nitrogens with zero attached hydrogens (tertiary/aromatic N) is 3. The molecule has 1 amide bonds. The molecule has 1 heterocycles. The zero-order valence-corrected chi connectivity index (χ0v) is 15.9. The monoisotopic (exact) mass is 362 g/mol. The fraction of sp³-hybridized carbons (Fsp3) is 0.500. The quantitative estimate of drug-likeness (QED) is 0.696. The van der Waals surface area contributed by atoms with Crippen molar-refractivity contribution < 1.29 is 4.79 Å². The van der Waals surface area contributed by atoms with Crippen LogP contribution in [0.25, 0.3) is 0 Å². The van der Waals surface area contributed by atoms with E-state index in [4.69, 9.17) is 0 Å². The molecule has 0 unspecified atom stereocenters. The van der Waals surface area contributed by atoms with Gasteiger partial charge in [0.15, 0.2) is 5.16 Å². The molecule has 0 spiro atoms. The van der Waals surface area contributed by atoms with Gasteiger partial charge in [0, 0.05) is 19.1 Å². The van der Waals surface area contributed by atoms with Crippen LogP contribution in [-0.4, -0.2) is 37.4 Å². The molecule has 0 aliphatic carbocycles. The van der Waals surface area contributed by atoms with Crippen LogP contribution in [0.15, 0.2) is 40.3 Å². The molecule has 1 aromatic heterocycles. The topological polar surface area (TPSA) is 71.0 Å². The molecule has 0 saturated carbocycles. The largest absolute Gasteiger partial charge is 0.343 e. The summed E-state index contributed by atoms with van der Waals surface area (Å²) in [6.07, 6.45) is 1.91. The average Bonchev–Trinajstić information content (AvgIpc) is 2.96. The fourth-order valence-electron chi connectivity index (χ4n) is 2.47. The van der Waals surface area contributed by atoms with E-state index in [-0.39, 0.29) is 23.4 Å². The van der Waals surface area contributed by atoms with Crippen molar-refractivity contribution in [3.63, 3.8) is 0 Å². The van der Waals surface area contributed by atoms with E-state index >= 15 is 0 Å². The molecule has 0 fully saturated rings. The maximum absolute atomic E-state index is 12.7. The second kappa shape index (κ2) is 9.46. The van der Waals surface area contributed by atoms with Crippen LogP contribution in [0.3, 0.4) is 0 Å². The average molecular weight is 362 g/mol. The maximum Gasteiger partial charge on any atom is 0.343 e. The number of aromatic amines is 1. The third-order valence-corrected chi connectivity index (χ3v) is 4.88. The molecule has 1 N–H and O–H groups in total. The highest BCUT2D eigenvalue weighted by atomic mass is 32.2. The number of aromatic nitrogens is 3. The van der Waals surface area contributed by atoms with Crippen molar-refractivity contribution in [3.05, 3.63) is 46.4 Å². The van der Waals surface area contributed by atoms with Gasteiger partial charge in [-0.1, -0.05) is 55.4 Å². The van der Waals surface area contributed by atoms with Gasteiger partial charge in [-0.3, -0.25) is 9.36 Å².